The van der Waals surface area contributed by atoms with E-state index in [2.05, 4.69) is 28.6 Å². The van der Waals surface area contributed by atoms with Crippen LogP contribution in [0.3, 0.4) is 0 Å². The number of hydrogen-bond acceptors (Lipinski definition) is 4. The fraction of sp³-hybridized carbons (Fsp3) is 0.273. The third-order valence-corrected chi connectivity index (χ3v) is 3.65. The third kappa shape index (κ3) is 3.31. The van der Waals surface area contributed by atoms with E-state index in [-0.39, 0.29) is 11.3 Å². The summed E-state index contributed by atoms with van der Waals surface area (Å²) in [5.74, 6) is -1.54. The molecule has 0 bridgehead atoms. The molecule has 17 heavy (non-hydrogen) atoms. The van der Waals surface area contributed by atoms with Gasteiger partial charge in [-0.05, 0) is 30.2 Å². The highest BCUT2D eigenvalue weighted by Crippen LogP contribution is 2.32. The first kappa shape index (κ1) is 14.2. The number of halogens is 1. The van der Waals surface area contributed by atoms with Crippen molar-refractivity contribution in [1.29, 1.82) is 0 Å². The monoisotopic (exact) mass is 318 g/mol. The van der Waals surface area contributed by atoms with Crippen molar-refractivity contribution in [2.24, 2.45) is 0 Å². The number of Topliss-reactive ketones (excluding diaryl/α,β-unsaturated/α-hetero) is 1. The minimum Gasteiger partial charge on any atom is -0.479 e. The molecule has 0 amide bonds. The molecule has 0 spiro atoms. The van der Waals surface area contributed by atoms with Gasteiger partial charge in [-0.25, -0.2) is 4.79 Å². The first-order valence-electron chi connectivity index (χ1n) is 4.72. The van der Waals surface area contributed by atoms with Gasteiger partial charge in [0.05, 0.1) is 4.83 Å². The highest BCUT2D eigenvalue weighted by Gasteiger charge is 2.24. The molecule has 2 unspecified atom stereocenters. The Morgan fingerprint density at radius 3 is 2.41 bits per heavy atom. The average Bonchev–Trinajstić information content (AvgIpc) is 2.26. The van der Waals surface area contributed by atoms with E-state index in [1.165, 1.54) is 13.0 Å². The lowest BCUT2D eigenvalue weighted by atomic mass is 9.98. The van der Waals surface area contributed by atoms with Crippen molar-refractivity contribution in [2.45, 2.75) is 22.8 Å². The van der Waals surface area contributed by atoms with Crippen LogP contribution in [0.25, 0.3) is 0 Å². The van der Waals surface area contributed by atoms with Gasteiger partial charge in [-0.2, -0.15) is 0 Å². The number of carbonyl (C=O) groups excluding carboxylic acids is 1. The van der Waals surface area contributed by atoms with E-state index in [9.17, 15) is 14.7 Å². The summed E-state index contributed by atoms with van der Waals surface area (Å²) in [4.78, 5) is 22.0. The summed E-state index contributed by atoms with van der Waals surface area (Å²) >= 11 is 7.29. The maximum atomic E-state index is 11.3. The Hall–Kier alpha value is -0.850. The molecule has 6 heteroatoms. The van der Waals surface area contributed by atoms with E-state index in [1.807, 2.05) is 0 Å². The van der Waals surface area contributed by atoms with Crippen LogP contribution < -0.4 is 0 Å². The lowest BCUT2D eigenvalue weighted by molar-refractivity contribution is -0.147. The highest BCUT2D eigenvalue weighted by molar-refractivity contribution is 9.09. The number of thiol groups is 1. The zero-order valence-corrected chi connectivity index (χ0v) is 11.4. The topological polar surface area (TPSA) is 74.6 Å². The average molecular weight is 319 g/mol. The zero-order chi connectivity index (χ0) is 13.2. The van der Waals surface area contributed by atoms with Gasteiger partial charge in [-0.3, -0.25) is 4.79 Å². The molecule has 0 fully saturated rings. The molecular formula is C11H11BrO4S. The second kappa shape index (κ2) is 5.66. The quantitative estimate of drug-likeness (QED) is 0.587. The van der Waals surface area contributed by atoms with E-state index in [1.54, 1.807) is 12.1 Å². The lowest BCUT2D eigenvalue weighted by Crippen LogP contribution is -2.15. The summed E-state index contributed by atoms with van der Waals surface area (Å²) < 4.78 is 0. The SMILES string of the molecule is CC(=O)C(Br)c1cc(S)ccc1C(O)C(=O)O. The fourth-order valence-electron chi connectivity index (χ4n) is 1.38. The van der Waals surface area contributed by atoms with E-state index in [4.69, 9.17) is 5.11 Å². The normalized spacial score (nSPS) is 14.1. The largest absolute Gasteiger partial charge is 0.479 e. The molecular weight excluding hydrogens is 308 g/mol. The summed E-state index contributed by atoms with van der Waals surface area (Å²) in [6.45, 7) is 1.38. The van der Waals surface area contributed by atoms with Crippen molar-refractivity contribution < 1.29 is 19.8 Å². The number of hydrogen-bond donors (Lipinski definition) is 3. The molecule has 92 valence electrons. The van der Waals surface area contributed by atoms with Gasteiger partial charge in [-0.15, -0.1) is 12.6 Å². The summed E-state index contributed by atoms with van der Waals surface area (Å²) in [7, 11) is 0. The molecule has 0 aliphatic rings. The van der Waals surface area contributed by atoms with Gasteiger partial charge in [0.15, 0.2) is 6.10 Å². The Bertz CT molecular complexity index is 461. The summed E-state index contributed by atoms with van der Waals surface area (Å²) in [6.07, 6.45) is -1.65. The van der Waals surface area contributed by atoms with Crippen LogP contribution in [0.15, 0.2) is 23.1 Å². The smallest absolute Gasteiger partial charge is 0.337 e. The molecule has 2 N–H and O–H groups in total. The van der Waals surface area contributed by atoms with Crippen LogP contribution in [0.1, 0.15) is 29.0 Å². The zero-order valence-electron chi connectivity index (χ0n) is 8.92. The molecule has 2 atom stereocenters. The van der Waals surface area contributed by atoms with E-state index in [0.717, 1.165) is 0 Å². The minimum absolute atomic E-state index is 0.178. The second-order valence-corrected chi connectivity index (χ2v) is 4.96. The number of benzene rings is 1. The Morgan fingerprint density at radius 2 is 1.94 bits per heavy atom. The highest BCUT2D eigenvalue weighted by atomic mass is 79.9. The molecule has 0 saturated heterocycles. The van der Waals surface area contributed by atoms with Gasteiger partial charge >= 0.3 is 5.97 Å². The van der Waals surface area contributed by atoms with Gasteiger partial charge in [0.1, 0.15) is 5.78 Å². The number of aliphatic hydroxyl groups is 1. The molecule has 1 aromatic rings. The van der Waals surface area contributed by atoms with Crippen LogP contribution in [0, 0.1) is 0 Å². The molecule has 0 aliphatic carbocycles. The number of carboxylic acids is 1. The molecule has 0 saturated carbocycles. The number of aliphatic hydroxyl groups excluding tert-OH is 1. The van der Waals surface area contributed by atoms with Crippen molar-refractivity contribution in [3.63, 3.8) is 0 Å². The molecule has 0 aliphatic heterocycles. The van der Waals surface area contributed by atoms with Crippen LogP contribution in [0.5, 0.6) is 0 Å². The van der Waals surface area contributed by atoms with E-state index >= 15 is 0 Å². The summed E-state index contributed by atoms with van der Waals surface area (Å²) in [6, 6.07) is 4.58. The Kier molecular flexibility index (Phi) is 4.73. The first-order valence-corrected chi connectivity index (χ1v) is 6.09. The van der Waals surface area contributed by atoms with Crippen molar-refractivity contribution >= 4 is 40.3 Å². The standard InChI is InChI=1S/C11H11BrO4S/c1-5(13)9(12)8-4-6(17)2-3-7(8)10(14)11(15)16/h2-4,9-10,14,17H,1H3,(H,15,16). The fourth-order valence-corrected chi connectivity index (χ4v) is 1.99. The Morgan fingerprint density at radius 1 is 1.35 bits per heavy atom. The van der Waals surface area contributed by atoms with Crippen LogP contribution in [-0.2, 0) is 9.59 Å². The predicted molar refractivity (Wildman–Crippen MR) is 68.6 cm³/mol. The number of alkyl halides is 1. The van der Waals surface area contributed by atoms with Crippen LogP contribution >= 0.6 is 28.6 Å². The second-order valence-electron chi connectivity index (χ2n) is 3.53. The minimum atomic E-state index is -1.65. The number of carboxylic acid groups (broad SMARTS) is 1. The van der Waals surface area contributed by atoms with Crippen LogP contribution in [0.2, 0.25) is 0 Å². The maximum Gasteiger partial charge on any atom is 0.337 e. The predicted octanol–water partition coefficient (Wildman–Crippen LogP) is 2.12. The van der Waals surface area contributed by atoms with E-state index < -0.39 is 16.9 Å². The molecule has 1 aromatic carbocycles. The van der Waals surface area contributed by atoms with Gasteiger partial charge in [-0.1, -0.05) is 22.0 Å². The summed E-state index contributed by atoms with van der Waals surface area (Å²) in [5, 5.41) is 18.3. The molecule has 1 rings (SSSR count). The van der Waals surface area contributed by atoms with Gasteiger partial charge < -0.3 is 10.2 Å². The van der Waals surface area contributed by atoms with Crippen molar-refractivity contribution in [3.05, 3.63) is 29.3 Å². The molecule has 0 aromatic heterocycles. The van der Waals surface area contributed by atoms with Crippen molar-refractivity contribution in [1.82, 2.24) is 0 Å². The molecule has 4 nitrogen and oxygen atoms in total. The lowest BCUT2D eigenvalue weighted by Gasteiger charge is -2.15. The van der Waals surface area contributed by atoms with Crippen molar-refractivity contribution in [3.8, 4) is 0 Å². The van der Waals surface area contributed by atoms with Gasteiger partial charge in [0.2, 0.25) is 0 Å². The Labute approximate surface area is 112 Å². The third-order valence-electron chi connectivity index (χ3n) is 2.23. The molecule has 0 heterocycles. The van der Waals surface area contributed by atoms with E-state index in [0.29, 0.717) is 10.5 Å². The Balaban J connectivity index is 3.30. The first-order chi connectivity index (χ1) is 7.84. The van der Waals surface area contributed by atoms with Crippen molar-refractivity contribution in [2.75, 3.05) is 0 Å². The van der Waals surface area contributed by atoms with Gasteiger partial charge in [0.25, 0.3) is 0 Å². The maximum absolute atomic E-state index is 11.3. The van der Waals surface area contributed by atoms with Crippen LogP contribution in [0.4, 0.5) is 0 Å². The van der Waals surface area contributed by atoms with Crippen LogP contribution in [-0.4, -0.2) is 22.0 Å². The number of aliphatic carboxylic acids is 1. The molecule has 0 radical (unpaired) electrons. The van der Waals surface area contributed by atoms with Gasteiger partial charge in [0, 0.05) is 4.90 Å². The number of ketones is 1. The summed E-state index contributed by atoms with van der Waals surface area (Å²) in [5.41, 5.74) is 0.604. The number of rotatable bonds is 4. The number of carbonyl (C=O) groups is 2.